The molecule has 2 fully saturated rings. The lowest BCUT2D eigenvalue weighted by Gasteiger charge is -2.33. The molecule has 45 heavy (non-hydrogen) atoms. The second-order valence-corrected chi connectivity index (χ2v) is 12.3. The van der Waals surface area contributed by atoms with Crippen LogP contribution in [0.2, 0.25) is 0 Å². The summed E-state index contributed by atoms with van der Waals surface area (Å²) in [6, 6.07) is 14.3. The Hall–Kier alpha value is -4.64. The molecule has 2 aromatic carbocycles. The van der Waals surface area contributed by atoms with E-state index in [2.05, 4.69) is 15.2 Å². The summed E-state index contributed by atoms with van der Waals surface area (Å²) in [4.78, 5) is 46.7. The fourth-order valence-corrected chi connectivity index (χ4v) is 5.45. The van der Waals surface area contributed by atoms with E-state index >= 15 is 0 Å². The number of ether oxygens (including phenoxy) is 3. The summed E-state index contributed by atoms with van der Waals surface area (Å²) in [6.45, 7) is 10.9. The van der Waals surface area contributed by atoms with E-state index in [-0.39, 0.29) is 18.1 Å². The molecule has 0 atom stereocenters. The van der Waals surface area contributed by atoms with Crippen molar-refractivity contribution in [3.63, 3.8) is 0 Å². The molecule has 2 aliphatic heterocycles. The molecule has 3 amide bonds. The summed E-state index contributed by atoms with van der Waals surface area (Å²) in [7, 11) is 0. The molecule has 0 radical (unpaired) electrons. The number of piperidine rings is 1. The van der Waals surface area contributed by atoms with E-state index in [4.69, 9.17) is 19.9 Å². The van der Waals surface area contributed by atoms with E-state index in [0.29, 0.717) is 91.7 Å². The Morgan fingerprint density at radius 1 is 1.00 bits per heavy atom. The van der Waals surface area contributed by atoms with Gasteiger partial charge in [-0.15, -0.1) is 0 Å². The third kappa shape index (κ3) is 7.91. The van der Waals surface area contributed by atoms with Gasteiger partial charge in [-0.25, -0.2) is 9.78 Å². The first-order valence-corrected chi connectivity index (χ1v) is 15.3. The number of carbonyl (C=O) groups excluding carboxylic acids is 3. The van der Waals surface area contributed by atoms with Crippen molar-refractivity contribution in [3.05, 3.63) is 71.4 Å². The number of nitrogens with zero attached hydrogens (tertiary/aromatic N) is 3. The SMILES string of the molecule is Cc1ccc(-c2c(C(N)=O)ccnc2N2CCOCC2)cc1NC(=O)c1cccc(OC2CCN(C(=O)OC(C)(C)C)CC2)c1. The Kier molecular flexibility index (Phi) is 9.57. The van der Waals surface area contributed by atoms with Crippen molar-refractivity contribution in [1.29, 1.82) is 0 Å². The molecule has 0 aliphatic carbocycles. The van der Waals surface area contributed by atoms with Crippen LogP contribution in [-0.4, -0.2) is 78.9 Å². The third-order valence-electron chi connectivity index (χ3n) is 7.77. The highest BCUT2D eigenvalue weighted by molar-refractivity contribution is 6.06. The second-order valence-electron chi connectivity index (χ2n) is 12.3. The molecular formula is C34H41N5O6. The minimum absolute atomic E-state index is 0.0829. The van der Waals surface area contributed by atoms with Gasteiger partial charge in [0, 0.05) is 62.0 Å². The number of aryl methyl sites for hydroxylation is 1. The molecule has 0 spiro atoms. The van der Waals surface area contributed by atoms with Crippen molar-refractivity contribution in [2.75, 3.05) is 49.6 Å². The van der Waals surface area contributed by atoms with Crippen LogP contribution >= 0.6 is 0 Å². The molecular weight excluding hydrogens is 574 g/mol. The quantitative estimate of drug-likeness (QED) is 0.378. The minimum atomic E-state index is -0.555. The number of morpholine rings is 1. The first kappa shape index (κ1) is 31.8. The number of amides is 3. The molecule has 1 aromatic heterocycles. The number of hydrogen-bond donors (Lipinski definition) is 2. The van der Waals surface area contributed by atoms with E-state index in [1.165, 1.54) is 0 Å². The highest BCUT2D eigenvalue weighted by Gasteiger charge is 2.28. The van der Waals surface area contributed by atoms with Crippen molar-refractivity contribution < 1.29 is 28.6 Å². The van der Waals surface area contributed by atoms with E-state index in [0.717, 1.165) is 5.56 Å². The summed E-state index contributed by atoms with van der Waals surface area (Å²) in [5.74, 6) is 0.383. The van der Waals surface area contributed by atoms with Crippen LogP contribution in [-0.2, 0) is 9.47 Å². The number of likely N-dealkylation sites (tertiary alicyclic amines) is 1. The molecule has 3 aromatic rings. The predicted molar refractivity (Wildman–Crippen MR) is 172 cm³/mol. The fraction of sp³-hybridized carbons (Fsp3) is 0.412. The van der Waals surface area contributed by atoms with E-state index < -0.39 is 11.5 Å². The standard InChI is InChI=1S/C34H41N5O6/c1-22-8-9-23(29-27(30(35)40)10-13-36-31(29)38-16-18-43-19-17-38)21-28(22)37-32(41)24-6-5-7-26(20-24)44-25-11-14-39(15-12-25)33(42)45-34(2,3)4/h5-10,13,20-21,25H,11-12,14-19H2,1-4H3,(H2,35,40)(H,37,41). The maximum absolute atomic E-state index is 13.4. The van der Waals surface area contributed by atoms with Crippen molar-refractivity contribution >= 4 is 29.4 Å². The minimum Gasteiger partial charge on any atom is -0.490 e. The normalized spacial score (nSPS) is 15.8. The Bertz CT molecular complexity index is 1550. The topological polar surface area (TPSA) is 136 Å². The number of nitrogens with one attached hydrogen (secondary N) is 1. The van der Waals surface area contributed by atoms with Crippen LogP contribution in [0.4, 0.5) is 16.3 Å². The lowest BCUT2D eigenvalue weighted by molar-refractivity contribution is 0.0126. The van der Waals surface area contributed by atoms with Gasteiger partial charge in [0.15, 0.2) is 0 Å². The van der Waals surface area contributed by atoms with Gasteiger partial charge in [-0.1, -0.05) is 18.2 Å². The Morgan fingerprint density at radius 2 is 1.73 bits per heavy atom. The van der Waals surface area contributed by atoms with Crippen LogP contribution < -0.4 is 20.7 Å². The number of anilines is 2. The van der Waals surface area contributed by atoms with E-state index in [1.807, 2.05) is 52.0 Å². The monoisotopic (exact) mass is 615 g/mol. The van der Waals surface area contributed by atoms with Crippen molar-refractivity contribution in [1.82, 2.24) is 9.88 Å². The predicted octanol–water partition coefficient (Wildman–Crippen LogP) is 5.02. The Labute approximate surface area is 263 Å². The number of nitrogens with two attached hydrogens (primary N) is 1. The molecule has 3 heterocycles. The van der Waals surface area contributed by atoms with Gasteiger partial charge in [-0.2, -0.15) is 0 Å². The van der Waals surface area contributed by atoms with Gasteiger partial charge in [0.2, 0.25) is 5.91 Å². The first-order valence-electron chi connectivity index (χ1n) is 15.3. The number of pyridine rings is 1. The summed E-state index contributed by atoms with van der Waals surface area (Å²) in [6.07, 6.45) is 2.52. The third-order valence-corrected chi connectivity index (χ3v) is 7.77. The highest BCUT2D eigenvalue weighted by atomic mass is 16.6. The zero-order valence-electron chi connectivity index (χ0n) is 26.3. The maximum atomic E-state index is 13.4. The lowest BCUT2D eigenvalue weighted by Crippen LogP contribution is -2.44. The highest BCUT2D eigenvalue weighted by Crippen LogP contribution is 2.35. The zero-order valence-corrected chi connectivity index (χ0v) is 26.3. The number of aromatic nitrogens is 1. The molecule has 0 unspecified atom stereocenters. The number of rotatable bonds is 7. The van der Waals surface area contributed by atoms with E-state index in [9.17, 15) is 14.4 Å². The maximum Gasteiger partial charge on any atom is 0.410 e. The number of primary amides is 1. The molecule has 0 saturated carbocycles. The number of carbonyl (C=O) groups is 3. The van der Waals surface area contributed by atoms with Gasteiger partial charge in [0.05, 0.1) is 18.8 Å². The van der Waals surface area contributed by atoms with Crippen LogP contribution in [0.25, 0.3) is 11.1 Å². The van der Waals surface area contributed by atoms with Crippen LogP contribution in [0.1, 0.15) is 59.9 Å². The number of benzene rings is 2. The van der Waals surface area contributed by atoms with Crippen LogP contribution in [0.15, 0.2) is 54.7 Å². The fourth-order valence-electron chi connectivity index (χ4n) is 5.45. The van der Waals surface area contributed by atoms with E-state index in [1.54, 1.807) is 35.4 Å². The molecule has 11 nitrogen and oxygen atoms in total. The van der Waals surface area contributed by atoms with Gasteiger partial charge in [-0.3, -0.25) is 9.59 Å². The zero-order chi connectivity index (χ0) is 32.1. The van der Waals surface area contributed by atoms with Gasteiger partial charge in [0.1, 0.15) is 23.3 Å². The molecule has 238 valence electrons. The molecule has 0 bridgehead atoms. The average molecular weight is 616 g/mol. The summed E-state index contributed by atoms with van der Waals surface area (Å²) >= 11 is 0. The summed E-state index contributed by atoms with van der Waals surface area (Å²) in [5, 5.41) is 3.03. The molecule has 5 rings (SSSR count). The van der Waals surface area contributed by atoms with Gasteiger partial charge in [0.25, 0.3) is 5.91 Å². The molecule has 11 heteroatoms. The first-order chi connectivity index (χ1) is 21.5. The Morgan fingerprint density at radius 3 is 2.42 bits per heavy atom. The van der Waals surface area contributed by atoms with Crippen molar-refractivity contribution in [2.45, 2.75) is 52.2 Å². The van der Waals surface area contributed by atoms with Crippen LogP contribution in [0.3, 0.4) is 0 Å². The summed E-state index contributed by atoms with van der Waals surface area (Å²) in [5.41, 5.74) is 8.84. The van der Waals surface area contributed by atoms with Crippen LogP contribution in [0.5, 0.6) is 5.75 Å². The lowest BCUT2D eigenvalue weighted by atomic mass is 9.97. The Balaban J connectivity index is 1.30. The summed E-state index contributed by atoms with van der Waals surface area (Å²) < 4.78 is 17.2. The number of hydrogen-bond acceptors (Lipinski definition) is 8. The molecule has 2 aliphatic rings. The van der Waals surface area contributed by atoms with Crippen molar-refractivity contribution in [3.8, 4) is 16.9 Å². The molecule has 2 saturated heterocycles. The average Bonchev–Trinajstić information content (AvgIpc) is 3.02. The second kappa shape index (κ2) is 13.6. The smallest absolute Gasteiger partial charge is 0.410 e. The molecule has 3 N–H and O–H groups in total. The van der Waals surface area contributed by atoms with Crippen LogP contribution in [0, 0.1) is 6.92 Å². The van der Waals surface area contributed by atoms with Gasteiger partial charge < -0.3 is 35.1 Å². The van der Waals surface area contributed by atoms with Gasteiger partial charge in [-0.05, 0) is 69.2 Å². The van der Waals surface area contributed by atoms with Gasteiger partial charge >= 0.3 is 6.09 Å². The largest absolute Gasteiger partial charge is 0.490 e. The van der Waals surface area contributed by atoms with Crippen molar-refractivity contribution in [2.24, 2.45) is 5.73 Å².